The highest BCUT2D eigenvalue weighted by Gasteiger charge is 2.05. The van der Waals surface area contributed by atoms with E-state index in [4.69, 9.17) is 23.2 Å². The monoisotopic (exact) mass is 310 g/mol. The third-order valence-corrected chi connectivity index (χ3v) is 2.82. The van der Waals surface area contributed by atoms with Gasteiger partial charge in [0.05, 0.1) is 10.0 Å². The number of nitrogens with one attached hydrogen (secondary N) is 1. The fourth-order valence-electron chi connectivity index (χ4n) is 1.45. The Morgan fingerprint density at radius 3 is 2.80 bits per heavy atom. The molecule has 1 aromatic heterocycles. The van der Waals surface area contributed by atoms with E-state index in [1.165, 1.54) is 36.5 Å². The number of amides is 1. The maximum absolute atomic E-state index is 13.0. The number of nitrogens with zero attached hydrogens (tertiary/aromatic N) is 1. The number of hydrogen-bond acceptors (Lipinski definition) is 2. The van der Waals surface area contributed by atoms with Crippen LogP contribution in [0.1, 0.15) is 5.56 Å². The Balaban J connectivity index is 2.05. The lowest BCUT2D eigenvalue weighted by Gasteiger charge is -2.03. The molecule has 102 valence electrons. The van der Waals surface area contributed by atoms with Gasteiger partial charge in [-0.1, -0.05) is 35.3 Å². The normalized spacial score (nSPS) is 10.8. The van der Waals surface area contributed by atoms with Gasteiger partial charge in [0.2, 0.25) is 5.91 Å². The molecule has 0 aliphatic heterocycles. The largest absolute Gasteiger partial charge is 0.306 e. The first kappa shape index (κ1) is 14.5. The van der Waals surface area contributed by atoms with Gasteiger partial charge < -0.3 is 5.32 Å². The van der Waals surface area contributed by atoms with Crippen molar-refractivity contribution in [1.82, 2.24) is 4.98 Å². The van der Waals surface area contributed by atoms with E-state index in [-0.39, 0.29) is 16.7 Å². The molecule has 0 unspecified atom stereocenters. The molecule has 1 heterocycles. The first-order valence-corrected chi connectivity index (χ1v) is 6.36. The van der Waals surface area contributed by atoms with Gasteiger partial charge in [-0.3, -0.25) is 4.79 Å². The van der Waals surface area contributed by atoms with E-state index >= 15 is 0 Å². The van der Waals surface area contributed by atoms with Gasteiger partial charge in [-0.05, 0) is 29.8 Å². The first-order valence-electron chi connectivity index (χ1n) is 5.60. The van der Waals surface area contributed by atoms with Gasteiger partial charge in [0.25, 0.3) is 0 Å². The molecule has 0 atom stereocenters. The van der Waals surface area contributed by atoms with Crippen molar-refractivity contribution in [2.24, 2.45) is 0 Å². The second-order valence-electron chi connectivity index (χ2n) is 3.86. The minimum atomic E-state index is -0.425. The molecule has 0 bridgehead atoms. The van der Waals surface area contributed by atoms with Gasteiger partial charge in [0, 0.05) is 12.3 Å². The molecule has 0 saturated heterocycles. The quantitative estimate of drug-likeness (QED) is 0.864. The number of aromatic nitrogens is 1. The van der Waals surface area contributed by atoms with Crippen LogP contribution in [0.5, 0.6) is 0 Å². The fraction of sp³-hybridized carbons (Fsp3) is 0. The van der Waals surface area contributed by atoms with Gasteiger partial charge in [0.1, 0.15) is 5.82 Å². The number of carbonyl (C=O) groups is 1. The molecule has 0 fully saturated rings. The average Bonchev–Trinajstić information content (AvgIpc) is 2.40. The smallest absolute Gasteiger partial charge is 0.249 e. The summed E-state index contributed by atoms with van der Waals surface area (Å²) in [5.74, 6) is -0.578. The lowest BCUT2D eigenvalue weighted by Crippen LogP contribution is -2.09. The molecule has 2 aromatic rings. The minimum Gasteiger partial charge on any atom is -0.306 e. The zero-order valence-corrected chi connectivity index (χ0v) is 11.6. The highest BCUT2D eigenvalue weighted by atomic mass is 35.5. The highest BCUT2D eigenvalue weighted by Crippen LogP contribution is 2.22. The van der Waals surface area contributed by atoms with Crippen LogP contribution in [0.3, 0.4) is 0 Å². The number of pyridine rings is 1. The molecule has 0 saturated carbocycles. The zero-order chi connectivity index (χ0) is 14.5. The predicted molar refractivity (Wildman–Crippen MR) is 78.3 cm³/mol. The Morgan fingerprint density at radius 2 is 2.10 bits per heavy atom. The summed E-state index contributed by atoms with van der Waals surface area (Å²) in [5.41, 5.74) is 0.579. The molecular weight excluding hydrogens is 302 g/mol. The molecule has 2 rings (SSSR count). The molecule has 1 amide bonds. The summed E-state index contributed by atoms with van der Waals surface area (Å²) >= 11 is 11.6. The lowest BCUT2D eigenvalue weighted by molar-refractivity contribution is -0.111. The van der Waals surface area contributed by atoms with E-state index in [0.29, 0.717) is 10.6 Å². The number of halogens is 3. The van der Waals surface area contributed by atoms with Gasteiger partial charge in [-0.25, -0.2) is 9.37 Å². The van der Waals surface area contributed by atoms with Gasteiger partial charge in [0.15, 0.2) is 5.82 Å². The van der Waals surface area contributed by atoms with Crippen molar-refractivity contribution in [2.45, 2.75) is 0 Å². The summed E-state index contributed by atoms with van der Waals surface area (Å²) in [4.78, 5) is 15.6. The van der Waals surface area contributed by atoms with Crippen LogP contribution in [0, 0.1) is 5.82 Å². The van der Waals surface area contributed by atoms with Crippen LogP contribution < -0.4 is 5.32 Å². The van der Waals surface area contributed by atoms with E-state index < -0.39 is 5.91 Å². The standard InChI is InChI=1S/C14H9Cl2FN2O/c15-10-7-12(16)14(18-8-10)19-13(20)5-4-9-2-1-3-11(17)6-9/h1-8H,(H,18,19,20)/b5-4+. The van der Waals surface area contributed by atoms with E-state index in [1.807, 2.05) is 0 Å². The third kappa shape index (κ3) is 4.05. The number of benzene rings is 1. The van der Waals surface area contributed by atoms with Crippen LogP contribution in [-0.2, 0) is 4.79 Å². The topological polar surface area (TPSA) is 42.0 Å². The summed E-state index contributed by atoms with van der Waals surface area (Å²) < 4.78 is 13.0. The van der Waals surface area contributed by atoms with E-state index in [0.717, 1.165) is 0 Å². The van der Waals surface area contributed by atoms with Crippen molar-refractivity contribution in [3.63, 3.8) is 0 Å². The van der Waals surface area contributed by atoms with Crippen molar-refractivity contribution < 1.29 is 9.18 Å². The zero-order valence-electron chi connectivity index (χ0n) is 10.1. The average molecular weight is 311 g/mol. The molecule has 3 nitrogen and oxygen atoms in total. The van der Waals surface area contributed by atoms with Crippen LogP contribution in [-0.4, -0.2) is 10.9 Å². The fourth-order valence-corrected chi connectivity index (χ4v) is 1.87. The van der Waals surface area contributed by atoms with Gasteiger partial charge in [-0.2, -0.15) is 0 Å². The minimum absolute atomic E-state index is 0.213. The Bertz CT molecular complexity index is 674. The summed E-state index contributed by atoms with van der Waals surface area (Å²) in [6.07, 6.45) is 4.13. The molecule has 1 N–H and O–H groups in total. The summed E-state index contributed by atoms with van der Waals surface area (Å²) in [7, 11) is 0. The summed E-state index contributed by atoms with van der Waals surface area (Å²) in [6.45, 7) is 0. The van der Waals surface area contributed by atoms with Gasteiger partial charge in [-0.15, -0.1) is 0 Å². The van der Waals surface area contributed by atoms with Crippen molar-refractivity contribution in [3.05, 3.63) is 64.0 Å². The van der Waals surface area contributed by atoms with Crippen molar-refractivity contribution in [2.75, 3.05) is 5.32 Å². The molecule has 20 heavy (non-hydrogen) atoms. The Kier molecular flexibility index (Phi) is 4.71. The summed E-state index contributed by atoms with van der Waals surface area (Å²) in [6, 6.07) is 7.36. The Labute approximate surface area is 125 Å². The van der Waals surface area contributed by atoms with Crippen LogP contribution in [0.25, 0.3) is 6.08 Å². The predicted octanol–water partition coefficient (Wildman–Crippen LogP) is 4.18. The van der Waals surface area contributed by atoms with Crippen LogP contribution >= 0.6 is 23.2 Å². The molecule has 1 aromatic carbocycles. The third-order valence-electron chi connectivity index (χ3n) is 2.33. The maximum atomic E-state index is 13.0. The molecule has 0 radical (unpaired) electrons. The summed E-state index contributed by atoms with van der Waals surface area (Å²) in [5, 5.41) is 3.12. The molecule has 0 spiro atoms. The molecule has 6 heteroatoms. The van der Waals surface area contributed by atoms with Crippen molar-refractivity contribution in [3.8, 4) is 0 Å². The Hall–Kier alpha value is -1.91. The van der Waals surface area contributed by atoms with Crippen molar-refractivity contribution >= 4 is 41.0 Å². The molecule has 0 aliphatic carbocycles. The van der Waals surface area contributed by atoms with E-state index in [1.54, 1.807) is 12.1 Å². The highest BCUT2D eigenvalue weighted by molar-refractivity contribution is 6.36. The van der Waals surface area contributed by atoms with Gasteiger partial charge >= 0.3 is 0 Å². The lowest BCUT2D eigenvalue weighted by atomic mass is 10.2. The first-order chi connectivity index (χ1) is 9.54. The number of anilines is 1. The number of hydrogen-bond donors (Lipinski definition) is 1. The van der Waals surface area contributed by atoms with Crippen LogP contribution in [0.15, 0.2) is 42.6 Å². The number of rotatable bonds is 3. The number of carbonyl (C=O) groups excluding carboxylic acids is 1. The van der Waals surface area contributed by atoms with E-state index in [2.05, 4.69) is 10.3 Å². The Morgan fingerprint density at radius 1 is 1.30 bits per heavy atom. The molecular formula is C14H9Cl2FN2O. The molecule has 0 aliphatic rings. The van der Waals surface area contributed by atoms with Crippen LogP contribution in [0.4, 0.5) is 10.2 Å². The second kappa shape index (κ2) is 6.50. The van der Waals surface area contributed by atoms with Crippen LogP contribution in [0.2, 0.25) is 10.0 Å². The van der Waals surface area contributed by atoms with E-state index in [9.17, 15) is 9.18 Å². The van der Waals surface area contributed by atoms with Crippen molar-refractivity contribution in [1.29, 1.82) is 0 Å². The maximum Gasteiger partial charge on any atom is 0.249 e. The SMILES string of the molecule is O=C(/C=C/c1cccc(F)c1)Nc1ncc(Cl)cc1Cl. The second-order valence-corrected chi connectivity index (χ2v) is 4.71.